The standard InChI is InChI=1S/C19H38N4O2/c1-4-7-15-25-16-9-12-21-19(20-6-3)22-13-11-17(5-2)23-14-8-10-18(23)24/h17H,4-16H2,1-3H3,(H2,20,21,22). The van der Waals surface area contributed by atoms with E-state index in [9.17, 15) is 4.79 Å². The van der Waals surface area contributed by atoms with Crippen molar-refractivity contribution >= 4 is 11.9 Å². The second kappa shape index (κ2) is 13.9. The van der Waals surface area contributed by atoms with Crippen molar-refractivity contribution < 1.29 is 9.53 Å². The number of carbonyl (C=O) groups is 1. The molecule has 6 nitrogen and oxygen atoms in total. The van der Waals surface area contributed by atoms with Gasteiger partial charge in [-0.25, -0.2) is 0 Å². The zero-order chi connectivity index (χ0) is 18.3. The molecule has 146 valence electrons. The highest BCUT2D eigenvalue weighted by atomic mass is 16.5. The third kappa shape index (κ3) is 9.10. The first-order chi connectivity index (χ1) is 12.2. The van der Waals surface area contributed by atoms with Crippen molar-refractivity contribution in [3.05, 3.63) is 0 Å². The molecule has 2 N–H and O–H groups in total. The van der Waals surface area contributed by atoms with Crippen LogP contribution in [-0.4, -0.2) is 62.2 Å². The lowest BCUT2D eigenvalue weighted by molar-refractivity contribution is -0.129. The Morgan fingerprint density at radius 2 is 2.04 bits per heavy atom. The number of hydrogen-bond acceptors (Lipinski definition) is 3. The summed E-state index contributed by atoms with van der Waals surface area (Å²) >= 11 is 0. The van der Waals surface area contributed by atoms with Gasteiger partial charge in [0.05, 0.1) is 0 Å². The predicted molar refractivity (Wildman–Crippen MR) is 104 cm³/mol. The summed E-state index contributed by atoms with van der Waals surface area (Å²) in [5.74, 6) is 1.18. The Bertz CT molecular complexity index is 388. The number of rotatable bonds is 13. The fourth-order valence-electron chi connectivity index (χ4n) is 3.04. The highest BCUT2D eigenvalue weighted by molar-refractivity contribution is 5.80. The zero-order valence-corrected chi connectivity index (χ0v) is 16.5. The monoisotopic (exact) mass is 354 g/mol. The number of carbonyl (C=O) groups excluding carboxylic acids is 1. The number of nitrogens with zero attached hydrogens (tertiary/aromatic N) is 2. The molecule has 1 rings (SSSR count). The number of amides is 1. The molecule has 1 aliphatic rings. The number of guanidine groups is 1. The molecule has 0 bridgehead atoms. The van der Waals surface area contributed by atoms with Crippen LogP contribution >= 0.6 is 0 Å². The van der Waals surface area contributed by atoms with Crippen LogP contribution in [-0.2, 0) is 9.53 Å². The van der Waals surface area contributed by atoms with Crippen LogP contribution in [0.25, 0.3) is 0 Å². The average Bonchev–Trinajstić information content (AvgIpc) is 3.03. The highest BCUT2D eigenvalue weighted by Crippen LogP contribution is 2.17. The van der Waals surface area contributed by atoms with Gasteiger partial charge >= 0.3 is 0 Å². The van der Waals surface area contributed by atoms with Gasteiger partial charge in [0.15, 0.2) is 5.96 Å². The normalized spacial score (nSPS) is 16.4. The third-order valence-electron chi connectivity index (χ3n) is 4.50. The molecule has 0 saturated carbocycles. The van der Waals surface area contributed by atoms with Crippen molar-refractivity contribution in [2.24, 2.45) is 4.99 Å². The largest absolute Gasteiger partial charge is 0.381 e. The molecular formula is C19H38N4O2. The van der Waals surface area contributed by atoms with Crippen LogP contribution in [0.1, 0.15) is 65.7 Å². The number of aliphatic imine (C=N–C) groups is 1. The van der Waals surface area contributed by atoms with Crippen molar-refractivity contribution in [2.45, 2.75) is 71.8 Å². The van der Waals surface area contributed by atoms with Gasteiger partial charge < -0.3 is 20.3 Å². The smallest absolute Gasteiger partial charge is 0.222 e. The minimum Gasteiger partial charge on any atom is -0.381 e. The Morgan fingerprint density at radius 1 is 1.24 bits per heavy atom. The Hall–Kier alpha value is -1.30. The van der Waals surface area contributed by atoms with E-state index in [-0.39, 0.29) is 0 Å². The van der Waals surface area contributed by atoms with Crippen LogP contribution in [0.3, 0.4) is 0 Å². The predicted octanol–water partition coefficient (Wildman–Crippen LogP) is 2.54. The maximum absolute atomic E-state index is 11.9. The topological polar surface area (TPSA) is 66.0 Å². The van der Waals surface area contributed by atoms with Gasteiger partial charge in [0.2, 0.25) is 5.91 Å². The summed E-state index contributed by atoms with van der Waals surface area (Å²) in [5, 5.41) is 6.68. The molecule has 0 aromatic rings. The van der Waals surface area contributed by atoms with E-state index in [1.54, 1.807) is 0 Å². The maximum Gasteiger partial charge on any atom is 0.222 e. The molecule has 0 aliphatic carbocycles. The van der Waals surface area contributed by atoms with E-state index in [1.165, 1.54) is 6.42 Å². The van der Waals surface area contributed by atoms with Gasteiger partial charge in [0, 0.05) is 51.9 Å². The Labute approximate surface area is 153 Å². The summed E-state index contributed by atoms with van der Waals surface area (Å²) in [6.07, 6.45) is 6.95. The van der Waals surface area contributed by atoms with Gasteiger partial charge in [-0.2, -0.15) is 0 Å². The number of hydrogen-bond donors (Lipinski definition) is 2. The first-order valence-corrected chi connectivity index (χ1v) is 10.1. The van der Waals surface area contributed by atoms with Crippen LogP contribution in [0.2, 0.25) is 0 Å². The molecule has 1 atom stereocenters. The van der Waals surface area contributed by atoms with Crippen LogP contribution in [0.4, 0.5) is 0 Å². The van der Waals surface area contributed by atoms with Crippen LogP contribution in [0, 0.1) is 0 Å². The molecular weight excluding hydrogens is 316 g/mol. The van der Waals surface area contributed by atoms with Crippen molar-refractivity contribution in [2.75, 3.05) is 39.4 Å². The lowest BCUT2D eigenvalue weighted by atomic mass is 10.1. The quantitative estimate of drug-likeness (QED) is 0.303. The molecule has 1 saturated heterocycles. The summed E-state index contributed by atoms with van der Waals surface area (Å²) in [7, 11) is 0. The van der Waals surface area contributed by atoms with E-state index < -0.39 is 0 Å². The highest BCUT2D eigenvalue weighted by Gasteiger charge is 2.26. The van der Waals surface area contributed by atoms with Crippen LogP contribution in [0.5, 0.6) is 0 Å². The Kier molecular flexibility index (Phi) is 12.1. The van der Waals surface area contributed by atoms with E-state index >= 15 is 0 Å². The molecule has 6 heteroatoms. The number of unbranched alkanes of at least 4 members (excludes halogenated alkanes) is 1. The van der Waals surface area contributed by atoms with Crippen molar-refractivity contribution in [3.8, 4) is 0 Å². The average molecular weight is 355 g/mol. The summed E-state index contributed by atoms with van der Waals surface area (Å²) in [6.45, 7) is 11.4. The van der Waals surface area contributed by atoms with Gasteiger partial charge in [-0.1, -0.05) is 20.3 Å². The van der Waals surface area contributed by atoms with E-state index in [4.69, 9.17) is 4.74 Å². The molecule has 0 aromatic heterocycles. The van der Waals surface area contributed by atoms with Crippen molar-refractivity contribution in [3.63, 3.8) is 0 Å². The first kappa shape index (κ1) is 21.7. The molecule has 1 heterocycles. The third-order valence-corrected chi connectivity index (χ3v) is 4.50. The van der Waals surface area contributed by atoms with Gasteiger partial charge in [-0.15, -0.1) is 0 Å². The molecule has 0 aromatic carbocycles. The Morgan fingerprint density at radius 3 is 2.68 bits per heavy atom. The molecule has 0 radical (unpaired) electrons. The van der Waals surface area contributed by atoms with E-state index in [1.807, 2.05) is 0 Å². The van der Waals surface area contributed by atoms with Gasteiger partial charge in [0.1, 0.15) is 0 Å². The van der Waals surface area contributed by atoms with Gasteiger partial charge in [0.25, 0.3) is 0 Å². The first-order valence-electron chi connectivity index (χ1n) is 10.1. The summed E-state index contributed by atoms with van der Waals surface area (Å²) in [6, 6.07) is 0.345. The fourth-order valence-corrected chi connectivity index (χ4v) is 3.04. The molecule has 25 heavy (non-hydrogen) atoms. The van der Waals surface area contributed by atoms with Crippen LogP contribution in [0.15, 0.2) is 4.99 Å². The lowest BCUT2D eigenvalue weighted by Gasteiger charge is -2.27. The van der Waals surface area contributed by atoms with E-state index in [0.717, 1.165) is 77.5 Å². The molecule has 1 fully saturated rings. The van der Waals surface area contributed by atoms with Gasteiger partial charge in [-0.05, 0) is 39.0 Å². The van der Waals surface area contributed by atoms with Crippen molar-refractivity contribution in [1.29, 1.82) is 0 Å². The van der Waals surface area contributed by atoms with E-state index in [2.05, 4.69) is 41.3 Å². The minimum absolute atomic E-state index is 0.315. The van der Waals surface area contributed by atoms with E-state index in [0.29, 0.717) is 18.4 Å². The number of nitrogens with one attached hydrogen (secondary N) is 2. The molecule has 1 unspecified atom stereocenters. The SMILES string of the molecule is CCCCOCCCN=C(NCC)NCCC(CC)N1CCCC1=O. The summed E-state index contributed by atoms with van der Waals surface area (Å²) in [4.78, 5) is 18.6. The lowest BCUT2D eigenvalue weighted by Crippen LogP contribution is -2.42. The van der Waals surface area contributed by atoms with Gasteiger partial charge in [-0.3, -0.25) is 9.79 Å². The summed E-state index contributed by atoms with van der Waals surface area (Å²) in [5.41, 5.74) is 0. The minimum atomic E-state index is 0.315. The van der Waals surface area contributed by atoms with Crippen LogP contribution < -0.4 is 10.6 Å². The number of likely N-dealkylation sites (tertiary alicyclic amines) is 1. The Balaban J connectivity index is 2.26. The fraction of sp³-hybridized carbons (Fsp3) is 0.895. The molecule has 1 amide bonds. The summed E-state index contributed by atoms with van der Waals surface area (Å²) < 4.78 is 5.56. The number of ether oxygens (including phenoxy) is 1. The molecule has 1 aliphatic heterocycles. The zero-order valence-electron chi connectivity index (χ0n) is 16.5. The second-order valence-corrected chi connectivity index (χ2v) is 6.55. The maximum atomic E-state index is 11.9. The molecule has 0 spiro atoms. The van der Waals surface area contributed by atoms with Crippen molar-refractivity contribution in [1.82, 2.24) is 15.5 Å². The second-order valence-electron chi connectivity index (χ2n) is 6.55.